The van der Waals surface area contributed by atoms with Gasteiger partial charge in [0.15, 0.2) is 5.78 Å². The maximum atomic E-state index is 11.8. The second kappa shape index (κ2) is 5.32. The maximum absolute atomic E-state index is 11.8. The van der Waals surface area contributed by atoms with Gasteiger partial charge in [-0.3, -0.25) is 4.79 Å². The Hall–Kier alpha value is -1.06. The number of thiophene rings is 1. The summed E-state index contributed by atoms with van der Waals surface area (Å²) in [5.74, 6) is 0.731. The summed E-state index contributed by atoms with van der Waals surface area (Å²) in [6.07, 6.45) is 0. The summed E-state index contributed by atoms with van der Waals surface area (Å²) in [4.78, 5) is 13.8. The van der Waals surface area contributed by atoms with Crippen molar-refractivity contribution < 1.29 is 4.79 Å². The van der Waals surface area contributed by atoms with Crippen LogP contribution in [0.4, 0.5) is 0 Å². The molecule has 0 bridgehead atoms. The second-order valence-corrected chi connectivity index (χ2v) is 5.42. The zero-order valence-electron chi connectivity index (χ0n) is 8.97. The molecule has 0 saturated carbocycles. The lowest BCUT2D eigenvalue weighted by molar-refractivity contribution is 0.102. The highest BCUT2D eigenvalue weighted by Gasteiger charge is 2.07. The van der Waals surface area contributed by atoms with E-state index in [1.807, 2.05) is 29.6 Å². The number of Topliss-reactive ketones (excluding diaryl/α,β-unsaturated/α-hetero) is 1. The van der Waals surface area contributed by atoms with Crippen molar-refractivity contribution in [2.45, 2.75) is 11.8 Å². The number of ketones is 1. The first kappa shape index (κ1) is 11.4. The molecule has 16 heavy (non-hydrogen) atoms. The number of carbonyl (C=O) groups is 1. The molecule has 1 aromatic carbocycles. The lowest BCUT2D eigenvalue weighted by Crippen LogP contribution is -1.99. The van der Waals surface area contributed by atoms with E-state index in [0.29, 0.717) is 5.75 Å². The van der Waals surface area contributed by atoms with E-state index < -0.39 is 0 Å². The monoisotopic (exact) mass is 248 g/mol. The summed E-state index contributed by atoms with van der Waals surface area (Å²) >= 11 is 3.12. The number of carbonyl (C=O) groups excluding carboxylic acids is 1. The molecule has 0 aliphatic carbocycles. The van der Waals surface area contributed by atoms with Crippen LogP contribution in [0.5, 0.6) is 0 Å². The first-order valence-electron chi connectivity index (χ1n) is 5.02. The number of thioether (sulfide) groups is 1. The van der Waals surface area contributed by atoms with E-state index in [0.717, 1.165) is 4.88 Å². The number of aryl methyl sites for hydroxylation is 1. The lowest BCUT2D eigenvalue weighted by Gasteiger charge is -2.03. The van der Waals surface area contributed by atoms with Gasteiger partial charge in [0.25, 0.3) is 0 Å². The molecule has 0 aliphatic heterocycles. The Morgan fingerprint density at radius 1 is 1.25 bits per heavy atom. The van der Waals surface area contributed by atoms with Gasteiger partial charge in [-0.1, -0.05) is 24.3 Å². The number of benzene rings is 1. The van der Waals surface area contributed by atoms with E-state index in [1.54, 1.807) is 11.8 Å². The highest BCUT2D eigenvalue weighted by atomic mass is 32.2. The Morgan fingerprint density at radius 3 is 2.75 bits per heavy atom. The van der Waals surface area contributed by atoms with Crippen molar-refractivity contribution in [2.75, 3.05) is 5.75 Å². The zero-order valence-corrected chi connectivity index (χ0v) is 10.6. The minimum Gasteiger partial charge on any atom is -0.292 e. The molecule has 0 aliphatic rings. The standard InChI is InChI=1S/C13H12OS2/c1-10-5-2-3-6-12(10)16-9-11(14)13-7-4-8-15-13/h2-8H,9H2,1H3. The molecule has 0 amide bonds. The summed E-state index contributed by atoms with van der Waals surface area (Å²) in [6.45, 7) is 2.07. The van der Waals surface area contributed by atoms with Crippen molar-refractivity contribution in [1.82, 2.24) is 0 Å². The van der Waals surface area contributed by atoms with Crippen molar-refractivity contribution >= 4 is 28.9 Å². The molecular formula is C13H12OS2. The van der Waals surface area contributed by atoms with Crippen LogP contribution in [-0.4, -0.2) is 11.5 Å². The summed E-state index contributed by atoms with van der Waals surface area (Å²) < 4.78 is 0. The highest BCUT2D eigenvalue weighted by Crippen LogP contribution is 2.23. The van der Waals surface area contributed by atoms with E-state index in [2.05, 4.69) is 19.1 Å². The maximum Gasteiger partial charge on any atom is 0.182 e. The average molecular weight is 248 g/mol. The molecule has 1 nitrogen and oxygen atoms in total. The summed E-state index contributed by atoms with van der Waals surface area (Å²) in [6, 6.07) is 11.9. The van der Waals surface area contributed by atoms with Crippen LogP contribution in [0.2, 0.25) is 0 Å². The van der Waals surface area contributed by atoms with Gasteiger partial charge < -0.3 is 0 Å². The van der Waals surface area contributed by atoms with Crippen LogP contribution >= 0.6 is 23.1 Å². The lowest BCUT2D eigenvalue weighted by atomic mass is 10.2. The van der Waals surface area contributed by atoms with Crippen LogP contribution in [0.15, 0.2) is 46.7 Å². The predicted octanol–water partition coefficient (Wildman–Crippen LogP) is 4.03. The summed E-state index contributed by atoms with van der Waals surface area (Å²) in [5, 5.41) is 1.94. The average Bonchev–Trinajstić information content (AvgIpc) is 2.81. The van der Waals surface area contributed by atoms with Gasteiger partial charge in [-0.2, -0.15) is 0 Å². The first-order valence-corrected chi connectivity index (χ1v) is 6.89. The third-order valence-electron chi connectivity index (χ3n) is 2.25. The largest absolute Gasteiger partial charge is 0.292 e. The van der Waals surface area contributed by atoms with Gasteiger partial charge in [0, 0.05) is 4.90 Å². The molecule has 2 rings (SSSR count). The number of hydrogen-bond donors (Lipinski definition) is 0. The molecule has 0 spiro atoms. The van der Waals surface area contributed by atoms with Crippen molar-refractivity contribution in [3.63, 3.8) is 0 Å². The molecule has 0 radical (unpaired) electrons. The third-order valence-corrected chi connectivity index (χ3v) is 4.33. The fourth-order valence-electron chi connectivity index (χ4n) is 1.37. The van der Waals surface area contributed by atoms with E-state index >= 15 is 0 Å². The van der Waals surface area contributed by atoms with Crippen molar-refractivity contribution in [1.29, 1.82) is 0 Å². The Labute approximate surface area is 104 Å². The van der Waals surface area contributed by atoms with Crippen molar-refractivity contribution in [3.8, 4) is 0 Å². The smallest absolute Gasteiger partial charge is 0.182 e. The molecule has 0 N–H and O–H groups in total. The van der Waals surface area contributed by atoms with Gasteiger partial charge in [-0.05, 0) is 30.0 Å². The Kier molecular flexibility index (Phi) is 3.80. The fourth-order valence-corrected chi connectivity index (χ4v) is 3.04. The first-order chi connectivity index (χ1) is 7.77. The second-order valence-electron chi connectivity index (χ2n) is 3.45. The molecule has 3 heteroatoms. The topological polar surface area (TPSA) is 17.1 Å². The summed E-state index contributed by atoms with van der Waals surface area (Å²) in [7, 11) is 0. The Morgan fingerprint density at radius 2 is 2.06 bits per heavy atom. The third kappa shape index (κ3) is 2.74. The van der Waals surface area contributed by atoms with Crippen LogP contribution in [0.25, 0.3) is 0 Å². The molecule has 82 valence electrons. The normalized spacial score (nSPS) is 10.3. The van der Waals surface area contributed by atoms with Gasteiger partial charge in [0.1, 0.15) is 0 Å². The number of hydrogen-bond acceptors (Lipinski definition) is 3. The quantitative estimate of drug-likeness (QED) is 0.600. The van der Waals surface area contributed by atoms with Gasteiger partial charge in [0.05, 0.1) is 10.6 Å². The van der Waals surface area contributed by atoms with Crippen molar-refractivity contribution in [2.24, 2.45) is 0 Å². The fraction of sp³-hybridized carbons (Fsp3) is 0.154. The van der Waals surface area contributed by atoms with E-state index in [9.17, 15) is 4.79 Å². The van der Waals surface area contributed by atoms with Crippen LogP contribution in [0.3, 0.4) is 0 Å². The van der Waals surface area contributed by atoms with Crippen molar-refractivity contribution in [3.05, 3.63) is 52.2 Å². The minimum absolute atomic E-state index is 0.211. The van der Waals surface area contributed by atoms with Gasteiger partial charge in [-0.15, -0.1) is 23.1 Å². The molecule has 0 saturated heterocycles. The molecule has 1 heterocycles. The van der Waals surface area contributed by atoms with Gasteiger partial charge in [0.2, 0.25) is 0 Å². The molecule has 0 unspecified atom stereocenters. The highest BCUT2D eigenvalue weighted by molar-refractivity contribution is 8.00. The van der Waals surface area contributed by atoms with E-state index in [4.69, 9.17) is 0 Å². The zero-order chi connectivity index (χ0) is 11.4. The molecule has 0 fully saturated rings. The summed E-state index contributed by atoms with van der Waals surface area (Å²) in [5.41, 5.74) is 1.23. The van der Waals surface area contributed by atoms with Crippen LogP contribution in [0, 0.1) is 6.92 Å². The SMILES string of the molecule is Cc1ccccc1SCC(=O)c1cccs1. The van der Waals surface area contributed by atoms with Crippen LogP contribution < -0.4 is 0 Å². The van der Waals surface area contributed by atoms with Crippen LogP contribution in [-0.2, 0) is 0 Å². The Balaban J connectivity index is 1.98. The predicted molar refractivity (Wildman–Crippen MR) is 70.6 cm³/mol. The van der Waals surface area contributed by atoms with E-state index in [1.165, 1.54) is 21.8 Å². The molecule has 2 aromatic rings. The molecule has 1 aromatic heterocycles. The molecular weight excluding hydrogens is 236 g/mol. The van der Waals surface area contributed by atoms with Crippen LogP contribution in [0.1, 0.15) is 15.2 Å². The van der Waals surface area contributed by atoms with Gasteiger partial charge in [-0.25, -0.2) is 0 Å². The Bertz CT molecular complexity index is 474. The molecule has 0 atom stereocenters. The minimum atomic E-state index is 0.211. The van der Waals surface area contributed by atoms with E-state index in [-0.39, 0.29) is 5.78 Å². The number of rotatable bonds is 4. The van der Waals surface area contributed by atoms with Gasteiger partial charge >= 0.3 is 0 Å².